The van der Waals surface area contributed by atoms with E-state index < -0.39 is 15.4 Å². The van der Waals surface area contributed by atoms with Crippen LogP contribution in [0.25, 0.3) is 0 Å². The summed E-state index contributed by atoms with van der Waals surface area (Å²) >= 11 is 0. The summed E-state index contributed by atoms with van der Waals surface area (Å²) in [7, 11) is -3.60. The first kappa shape index (κ1) is 17.1. The summed E-state index contributed by atoms with van der Waals surface area (Å²) in [5.74, 6) is 1.17. The van der Waals surface area contributed by atoms with E-state index in [-0.39, 0.29) is 5.04 Å². The minimum atomic E-state index is -2.05. The van der Waals surface area contributed by atoms with Gasteiger partial charge in [0.2, 0.25) is 8.32 Å². The van der Waals surface area contributed by atoms with Crippen LogP contribution in [0.3, 0.4) is 0 Å². The van der Waals surface area contributed by atoms with Crippen molar-refractivity contribution >= 4 is 20.9 Å². The molecule has 4 nitrogen and oxygen atoms in total. The molecule has 0 aromatic heterocycles. The van der Waals surface area contributed by atoms with Gasteiger partial charge in [-0.2, -0.15) is 0 Å². The lowest BCUT2D eigenvalue weighted by Gasteiger charge is -2.37. The summed E-state index contributed by atoms with van der Waals surface area (Å²) in [6, 6.07) is 5.09. The van der Waals surface area contributed by atoms with Gasteiger partial charge in [0.15, 0.2) is 0 Å². The van der Waals surface area contributed by atoms with Crippen LogP contribution in [0.15, 0.2) is 18.2 Å². The van der Waals surface area contributed by atoms with Gasteiger partial charge in [-0.25, -0.2) is 0 Å². The first-order valence-electron chi connectivity index (χ1n) is 6.90. The van der Waals surface area contributed by atoms with E-state index >= 15 is 0 Å². The Morgan fingerprint density at radius 3 is 2.25 bits per heavy atom. The zero-order valence-electron chi connectivity index (χ0n) is 13.2. The molecule has 6 heteroatoms. The third-order valence-corrected chi connectivity index (χ3v) is 8.09. The van der Waals surface area contributed by atoms with E-state index in [4.69, 9.17) is 9.16 Å². The first-order chi connectivity index (χ1) is 9.08. The second-order valence-electron chi connectivity index (χ2n) is 6.37. The maximum absolute atomic E-state index is 9.48. The van der Waals surface area contributed by atoms with Crippen molar-refractivity contribution in [2.45, 2.75) is 45.8 Å². The fourth-order valence-corrected chi connectivity index (χ4v) is 2.53. The van der Waals surface area contributed by atoms with Crippen LogP contribution in [0.1, 0.15) is 27.7 Å². The van der Waals surface area contributed by atoms with Crippen molar-refractivity contribution in [2.24, 2.45) is 0 Å². The van der Waals surface area contributed by atoms with Gasteiger partial charge in [-0.05, 0) is 31.1 Å². The molecule has 0 heterocycles. The molecule has 0 aliphatic rings. The first-order valence-corrected chi connectivity index (χ1v) is 9.81. The van der Waals surface area contributed by atoms with Crippen LogP contribution < -0.4 is 14.6 Å². The molecule has 0 spiro atoms. The largest absolute Gasteiger partial charge is 0.544 e. The molecule has 0 saturated carbocycles. The van der Waals surface area contributed by atoms with E-state index in [1.165, 1.54) is 0 Å². The van der Waals surface area contributed by atoms with E-state index in [2.05, 4.69) is 33.9 Å². The van der Waals surface area contributed by atoms with Gasteiger partial charge in [0.05, 0.1) is 6.61 Å². The fraction of sp³-hybridized carbons (Fsp3) is 0.571. The second-order valence-corrected chi connectivity index (χ2v) is 11.1. The van der Waals surface area contributed by atoms with Gasteiger partial charge in [-0.1, -0.05) is 26.8 Å². The Kier molecular flexibility index (Phi) is 5.29. The number of hydrogen-bond donors (Lipinski definition) is 2. The van der Waals surface area contributed by atoms with Crippen molar-refractivity contribution in [1.82, 2.24) is 0 Å². The SMILES string of the molecule is CCOc1ccc(B(O)O)c(O[Si](C)(C)C(C)(C)C)c1. The molecule has 0 amide bonds. The molecule has 0 aliphatic heterocycles. The normalized spacial score (nSPS) is 12.2. The lowest BCUT2D eigenvalue weighted by Crippen LogP contribution is -2.46. The van der Waals surface area contributed by atoms with Crippen LogP contribution in [0.2, 0.25) is 18.1 Å². The maximum atomic E-state index is 9.48. The van der Waals surface area contributed by atoms with E-state index in [0.29, 0.717) is 23.6 Å². The highest BCUT2D eigenvalue weighted by molar-refractivity contribution is 6.75. The summed E-state index contributed by atoms with van der Waals surface area (Å²) in [6.45, 7) is 13.1. The molecule has 0 radical (unpaired) electrons. The van der Waals surface area contributed by atoms with Crippen LogP contribution in [0, 0.1) is 0 Å². The Morgan fingerprint density at radius 2 is 1.80 bits per heavy atom. The predicted octanol–water partition coefficient (Wildman–Crippen LogP) is 2.15. The van der Waals surface area contributed by atoms with Crippen molar-refractivity contribution in [1.29, 1.82) is 0 Å². The Bertz CT molecular complexity index is 455. The van der Waals surface area contributed by atoms with Crippen molar-refractivity contribution in [2.75, 3.05) is 6.61 Å². The predicted molar refractivity (Wildman–Crippen MR) is 85.3 cm³/mol. The van der Waals surface area contributed by atoms with Gasteiger partial charge in [-0.3, -0.25) is 0 Å². The zero-order valence-corrected chi connectivity index (χ0v) is 14.2. The summed E-state index contributed by atoms with van der Waals surface area (Å²) in [5.41, 5.74) is 0.373. The number of rotatable bonds is 5. The summed E-state index contributed by atoms with van der Waals surface area (Å²) < 4.78 is 11.6. The minimum absolute atomic E-state index is 0.0340. The molecule has 0 bridgehead atoms. The van der Waals surface area contributed by atoms with Gasteiger partial charge in [0.1, 0.15) is 11.5 Å². The maximum Gasteiger partial charge on any atom is 0.492 e. The van der Waals surface area contributed by atoms with Crippen molar-refractivity contribution in [3.8, 4) is 11.5 Å². The Morgan fingerprint density at radius 1 is 1.20 bits per heavy atom. The quantitative estimate of drug-likeness (QED) is 0.817. The number of hydrogen-bond acceptors (Lipinski definition) is 4. The van der Waals surface area contributed by atoms with Gasteiger partial charge >= 0.3 is 7.12 Å². The Labute approximate surface area is 123 Å². The lowest BCUT2D eigenvalue weighted by atomic mass is 9.79. The molecular weight excluding hydrogens is 271 g/mol. The summed E-state index contributed by atoms with van der Waals surface area (Å²) in [5, 5.41) is 19.0. The average molecular weight is 296 g/mol. The van der Waals surface area contributed by atoms with Gasteiger partial charge in [-0.15, -0.1) is 0 Å². The highest BCUT2D eigenvalue weighted by atomic mass is 28.4. The smallest absolute Gasteiger partial charge is 0.492 e. The Balaban J connectivity index is 3.16. The molecule has 112 valence electrons. The number of benzene rings is 1. The molecule has 1 aromatic rings. The monoisotopic (exact) mass is 296 g/mol. The molecule has 0 fully saturated rings. The molecule has 0 saturated heterocycles. The van der Waals surface area contributed by atoms with Crippen LogP contribution in [0.5, 0.6) is 11.5 Å². The third kappa shape index (κ3) is 4.01. The minimum Gasteiger partial charge on any atom is -0.544 e. The summed E-state index contributed by atoms with van der Waals surface area (Å²) in [4.78, 5) is 0. The van der Waals surface area contributed by atoms with Gasteiger partial charge < -0.3 is 19.2 Å². The van der Waals surface area contributed by atoms with Gasteiger partial charge in [0.25, 0.3) is 0 Å². The van der Waals surface area contributed by atoms with E-state index in [1.807, 2.05) is 6.92 Å². The lowest BCUT2D eigenvalue weighted by molar-refractivity contribution is 0.338. The van der Waals surface area contributed by atoms with E-state index in [9.17, 15) is 10.0 Å². The van der Waals surface area contributed by atoms with E-state index in [0.717, 1.165) is 0 Å². The van der Waals surface area contributed by atoms with Crippen LogP contribution in [-0.2, 0) is 0 Å². The molecular formula is C14H25BO4Si. The molecule has 0 unspecified atom stereocenters. The van der Waals surface area contributed by atoms with Crippen molar-refractivity contribution in [3.63, 3.8) is 0 Å². The second kappa shape index (κ2) is 6.20. The highest BCUT2D eigenvalue weighted by Gasteiger charge is 2.39. The Hall–Kier alpha value is -0.978. The van der Waals surface area contributed by atoms with Gasteiger partial charge in [0, 0.05) is 11.5 Å². The molecule has 0 aliphatic carbocycles. The molecule has 20 heavy (non-hydrogen) atoms. The standard InChI is InChI=1S/C14H25BO4Si/c1-7-18-11-8-9-12(15(16)17)13(10-11)19-20(5,6)14(2,3)4/h8-10,16-17H,7H2,1-6H3. The average Bonchev–Trinajstić information content (AvgIpc) is 2.27. The fourth-order valence-electron chi connectivity index (χ4n) is 1.50. The third-order valence-electron chi connectivity index (χ3n) is 3.75. The van der Waals surface area contributed by atoms with Crippen molar-refractivity contribution < 1.29 is 19.2 Å². The molecule has 2 N–H and O–H groups in total. The van der Waals surface area contributed by atoms with E-state index in [1.54, 1.807) is 18.2 Å². The molecule has 1 rings (SSSR count). The van der Waals surface area contributed by atoms with Crippen LogP contribution >= 0.6 is 0 Å². The summed E-state index contributed by atoms with van der Waals surface area (Å²) in [6.07, 6.45) is 0. The molecule has 0 atom stereocenters. The van der Waals surface area contributed by atoms with Crippen LogP contribution in [0.4, 0.5) is 0 Å². The topological polar surface area (TPSA) is 58.9 Å². The molecule has 1 aromatic carbocycles. The van der Waals surface area contributed by atoms with Crippen LogP contribution in [-0.4, -0.2) is 32.1 Å². The highest BCUT2D eigenvalue weighted by Crippen LogP contribution is 2.37. The zero-order chi connectivity index (χ0) is 15.6. The number of ether oxygens (including phenoxy) is 1. The van der Waals surface area contributed by atoms with Crippen molar-refractivity contribution in [3.05, 3.63) is 18.2 Å².